The number of pyridine rings is 2. The summed E-state index contributed by atoms with van der Waals surface area (Å²) in [7, 11) is 0. The van der Waals surface area contributed by atoms with E-state index in [1.165, 1.54) is 12.8 Å². The van der Waals surface area contributed by atoms with Crippen LogP contribution in [0.5, 0.6) is 0 Å². The van der Waals surface area contributed by atoms with Crippen LogP contribution in [-0.2, 0) is 4.74 Å². The van der Waals surface area contributed by atoms with Crippen LogP contribution in [0.25, 0.3) is 5.52 Å². The average Bonchev–Trinajstić information content (AvgIpc) is 3.35. The number of rotatable bonds is 4. The lowest BCUT2D eigenvalue weighted by Crippen LogP contribution is -2.13. The molecule has 1 unspecified atom stereocenters. The third-order valence-electron chi connectivity index (χ3n) is 4.56. The second kappa shape index (κ2) is 5.74. The largest absolute Gasteiger partial charge is 0.454 e. The van der Waals surface area contributed by atoms with Crippen molar-refractivity contribution in [1.82, 2.24) is 14.4 Å². The van der Waals surface area contributed by atoms with E-state index in [1.54, 1.807) is 12.4 Å². The zero-order chi connectivity index (χ0) is 16.7. The maximum atomic E-state index is 12.6. The van der Waals surface area contributed by atoms with E-state index in [0.717, 1.165) is 22.6 Å². The lowest BCUT2D eigenvalue weighted by molar-refractivity contribution is 0.0335. The van der Waals surface area contributed by atoms with Gasteiger partial charge < -0.3 is 4.74 Å². The van der Waals surface area contributed by atoms with Crippen LogP contribution >= 0.6 is 0 Å². The van der Waals surface area contributed by atoms with Gasteiger partial charge in [-0.25, -0.2) is 9.78 Å². The third-order valence-corrected chi connectivity index (χ3v) is 4.56. The molecule has 0 N–H and O–H groups in total. The van der Waals surface area contributed by atoms with Crippen molar-refractivity contribution >= 4 is 11.5 Å². The fraction of sp³-hybridized carbons (Fsp3) is 0.316. The molecule has 1 atom stereocenters. The van der Waals surface area contributed by atoms with Gasteiger partial charge in [0.2, 0.25) is 0 Å². The first-order valence-electron chi connectivity index (χ1n) is 8.23. The zero-order valence-corrected chi connectivity index (χ0v) is 13.8. The van der Waals surface area contributed by atoms with E-state index >= 15 is 0 Å². The van der Waals surface area contributed by atoms with Crippen molar-refractivity contribution in [2.75, 3.05) is 0 Å². The average molecular weight is 321 g/mol. The second-order valence-electron chi connectivity index (χ2n) is 6.32. The molecule has 0 saturated heterocycles. The van der Waals surface area contributed by atoms with E-state index in [0.29, 0.717) is 11.5 Å². The van der Waals surface area contributed by atoms with Gasteiger partial charge in [-0.15, -0.1) is 0 Å². The topological polar surface area (TPSA) is 56.5 Å². The molecular weight excluding hydrogens is 302 g/mol. The highest BCUT2D eigenvalue weighted by molar-refractivity contribution is 5.91. The molecule has 24 heavy (non-hydrogen) atoms. The Labute approximate surface area is 140 Å². The van der Waals surface area contributed by atoms with Crippen molar-refractivity contribution in [3.05, 3.63) is 65.5 Å². The van der Waals surface area contributed by atoms with E-state index in [-0.39, 0.29) is 12.1 Å². The lowest BCUT2D eigenvalue weighted by Gasteiger charge is -2.15. The fourth-order valence-corrected chi connectivity index (χ4v) is 3.03. The normalized spacial score (nSPS) is 15.4. The number of hydrogen-bond donors (Lipinski definition) is 0. The second-order valence-corrected chi connectivity index (χ2v) is 6.32. The maximum Gasteiger partial charge on any atom is 0.340 e. The first-order valence-corrected chi connectivity index (χ1v) is 8.23. The van der Waals surface area contributed by atoms with E-state index in [1.807, 2.05) is 44.3 Å². The van der Waals surface area contributed by atoms with E-state index in [9.17, 15) is 4.79 Å². The highest BCUT2D eigenvalue weighted by Crippen LogP contribution is 2.40. The van der Waals surface area contributed by atoms with Gasteiger partial charge in [0.25, 0.3) is 0 Å². The quantitative estimate of drug-likeness (QED) is 0.685. The summed E-state index contributed by atoms with van der Waals surface area (Å²) in [5, 5.41) is 0. The highest BCUT2D eigenvalue weighted by atomic mass is 16.5. The minimum Gasteiger partial charge on any atom is -0.454 e. The summed E-state index contributed by atoms with van der Waals surface area (Å²) < 4.78 is 7.72. The van der Waals surface area contributed by atoms with E-state index in [2.05, 4.69) is 14.4 Å². The molecule has 1 aliphatic rings. The van der Waals surface area contributed by atoms with Gasteiger partial charge in [0.05, 0.1) is 17.3 Å². The number of aryl methyl sites for hydroxylation is 1. The summed E-state index contributed by atoms with van der Waals surface area (Å²) in [5.41, 5.74) is 3.37. The molecule has 0 bridgehead atoms. The fourth-order valence-electron chi connectivity index (χ4n) is 3.03. The minimum absolute atomic E-state index is 0.318. The molecule has 4 rings (SSSR count). The SMILES string of the molecule is Cc1c(C(=O)OC(C)c2cccnc2)ccc2cnc(C3CC3)n12. The molecular formula is C19H19N3O2. The van der Waals surface area contributed by atoms with E-state index < -0.39 is 0 Å². The van der Waals surface area contributed by atoms with Crippen LogP contribution < -0.4 is 0 Å². The smallest absolute Gasteiger partial charge is 0.340 e. The van der Waals surface area contributed by atoms with Crippen LogP contribution in [0.2, 0.25) is 0 Å². The van der Waals surface area contributed by atoms with Gasteiger partial charge >= 0.3 is 5.97 Å². The van der Waals surface area contributed by atoms with Crippen molar-refractivity contribution in [2.24, 2.45) is 0 Å². The Morgan fingerprint density at radius 1 is 1.29 bits per heavy atom. The van der Waals surface area contributed by atoms with Crippen molar-refractivity contribution in [1.29, 1.82) is 0 Å². The van der Waals surface area contributed by atoms with Crippen LogP contribution in [0.3, 0.4) is 0 Å². The number of ether oxygens (including phenoxy) is 1. The number of imidazole rings is 1. The number of fused-ring (bicyclic) bond motifs is 1. The first kappa shape index (κ1) is 14.9. The number of carbonyl (C=O) groups is 1. The molecule has 3 aromatic heterocycles. The molecule has 3 aromatic rings. The summed E-state index contributed by atoms with van der Waals surface area (Å²) in [6, 6.07) is 7.49. The standard InChI is InChI=1S/C19H19N3O2/c1-12-17(19(23)24-13(2)15-4-3-9-20-10-15)8-7-16-11-21-18(22(12)16)14-5-6-14/h3-4,7-11,13-14H,5-6H2,1-2H3. The minimum atomic E-state index is -0.341. The van der Waals surface area contributed by atoms with Crippen LogP contribution in [0.15, 0.2) is 42.9 Å². The monoisotopic (exact) mass is 321 g/mol. The molecule has 0 spiro atoms. The summed E-state index contributed by atoms with van der Waals surface area (Å²) in [4.78, 5) is 21.2. The van der Waals surface area contributed by atoms with Gasteiger partial charge in [-0.1, -0.05) is 6.07 Å². The van der Waals surface area contributed by atoms with Gasteiger partial charge in [0.1, 0.15) is 11.9 Å². The maximum absolute atomic E-state index is 12.6. The van der Waals surface area contributed by atoms with Crippen LogP contribution in [0.1, 0.15) is 59.2 Å². The Morgan fingerprint density at radius 2 is 2.12 bits per heavy atom. The van der Waals surface area contributed by atoms with Crippen LogP contribution in [0, 0.1) is 6.92 Å². The highest BCUT2D eigenvalue weighted by Gasteiger charge is 2.29. The van der Waals surface area contributed by atoms with Crippen LogP contribution in [-0.4, -0.2) is 20.3 Å². The molecule has 5 heteroatoms. The Bertz CT molecular complexity index is 898. The summed E-state index contributed by atoms with van der Waals surface area (Å²) in [5.74, 6) is 1.26. The molecule has 0 aliphatic heterocycles. The Hall–Kier alpha value is -2.69. The van der Waals surface area contributed by atoms with Gasteiger partial charge in [-0.05, 0) is 44.9 Å². The number of aromatic nitrogens is 3. The Balaban J connectivity index is 1.64. The van der Waals surface area contributed by atoms with Gasteiger partial charge in [0, 0.05) is 29.6 Å². The molecule has 5 nitrogen and oxygen atoms in total. The van der Waals surface area contributed by atoms with Gasteiger partial charge in [-0.2, -0.15) is 0 Å². The first-order chi connectivity index (χ1) is 11.6. The predicted octanol–water partition coefficient (Wildman–Crippen LogP) is 3.83. The van der Waals surface area contributed by atoms with Gasteiger partial charge in [-0.3, -0.25) is 9.38 Å². The number of nitrogens with zero attached hydrogens (tertiary/aromatic N) is 3. The molecule has 1 saturated carbocycles. The number of hydrogen-bond acceptors (Lipinski definition) is 4. The predicted molar refractivity (Wildman–Crippen MR) is 90.0 cm³/mol. The molecule has 1 fully saturated rings. The van der Waals surface area contributed by atoms with Crippen molar-refractivity contribution < 1.29 is 9.53 Å². The summed E-state index contributed by atoms with van der Waals surface area (Å²) >= 11 is 0. The molecule has 0 amide bonds. The molecule has 122 valence electrons. The van der Waals surface area contributed by atoms with Gasteiger partial charge in [0.15, 0.2) is 0 Å². The number of carbonyl (C=O) groups excluding carboxylic acids is 1. The summed E-state index contributed by atoms with van der Waals surface area (Å²) in [6.45, 7) is 3.81. The summed E-state index contributed by atoms with van der Waals surface area (Å²) in [6.07, 6.45) is 7.29. The van der Waals surface area contributed by atoms with Crippen molar-refractivity contribution in [3.8, 4) is 0 Å². The Morgan fingerprint density at radius 3 is 2.83 bits per heavy atom. The van der Waals surface area contributed by atoms with Crippen LogP contribution in [0.4, 0.5) is 0 Å². The molecule has 1 aliphatic carbocycles. The molecule has 0 radical (unpaired) electrons. The van der Waals surface area contributed by atoms with Crippen molar-refractivity contribution in [3.63, 3.8) is 0 Å². The molecule has 0 aromatic carbocycles. The van der Waals surface area contributed by atoms with Crippen molar-refractivity contribution in [2.45, 2.75) is 38.7 Å². The Kier molecular flexibility index (Phi) is 3.56. The zero-order valence-electron chi connectivity index (χ0n) is 13.8. The number of esters is 1. The molecule has 3 heterocycles. The van der Waals surface area contributed by atoms with E-state index in [4.69, 9.17) is 4.74 Å². The lowest BCUT2D eigenvalue weighted by atomic mass is 10.1. The third kappa shape index (κ3) is 2.56.